The van der Waals surface area contributed by atoms with Gasteiger partial charge in [0.25, 0.3) is 0 Å². The van der Waals surface area contributed by atoms with Crippen molar-refractivity contribution in [3.8, 4) is 0 Å². The number of likely N-dealkylation sites (N-methyl/N-ethyl adjacent to an activating group) is 1. The zero-order valence-corrected chi connectivity index (χ0v) is 13.0. The van der Waals surface area contributed by atoms with Gasteiger partial charge in [-0.05, 0) is 44.2 Å². The average molecular weight is 242 g/mol. The molecular weight excluding hydrogens is 208 g/mol. The van der Waals surface area contributed by atoms with E-state index >= 15 is 0 Å². The second-order valence-electron chi connectivity index (χ2n) is 6.38. The molecule has 0 amide bonds. The molecular formula is C15H34N2. The average Bonchev–Trinajstić information content (AvgIpc) is 2.28. The monoisotopic (exact) mass is 242 g/mol. The van der Waals surface area contributed by atoms with Crippen molar-refractivity contribution in [3.63, 3.8) is 0 Å². The van der Waals surface area contributed by atoms with Crippen LogP contribution in [0.3, 0.4) is 0 Å². The number of hydrogen-bond acceptors (Lipinski definition) is 2. The summed E-state index contributed by atoms with van der Waals surface area (Å²) >= 11 is 0. The molecule has 0 saturated heterocycles. The quantitative estimate of drug-likeness (QED) is 0.704. The highest BCUT2D eigenvalue weighted by Crippen LogP contribution is 2.25. The van der Waals surface area contributed by atoms with Gasteiger partial charge in [0.2, 0.25) is 0 Å². The molecule has 0 fully saturated rings. The largest absolute Gasteiger partial charge is 0.329 e. The van der Waals surface area contributed by atoms with Gasteiger partial charge >= 0.3 is 0 Å². The molecule has 0 aliphatic rings. The third-order valence-electron chi connectivity index (χ3n) is 4.10. The molecule has 0 heterocycles. The first-order chi connectivity index (χ1) is 7.85. The molecule has 0 aliphatic carbocycles. The SMILES string of the molecule is CCN(CCCC(C)(C)C)C(CC)(CC)CN. The van der Waals surface area contributed by atoms with Crippen LogP contribution >= 0.6 is 0 Å². The maximum atomic E-state index is 6.02. The van der Waals surface area contributed by atoms with Gasteiger partial charge in [-0.3, -0.25) is 4.90 Å². The van der Waals surface area contributed by atoms with Crippen LogP contribution in [0.5, 0.6) is 0 Å². The van der Waals surface area contributed by atoms with Crippen LogP contribution < -0.4 is 5.73 Å². The van der Waals surface area contributed by atoms with Crippen molar-refractivity contribution in [1.82, 2.24) is 4.90 Å². The van der Waals surface area contributed by atoms with Gasteiger partial charge in [0.15, 0.2) is 0 Å². The van der Waals surface area contributed by atoms with E-state index in [9.17, 15) is 0 Å². The zero-order chi connectivity index (χ0) is 13.5. The van der Waals surface area contributed by atoms with Gasteiger partial charge < -0.3 is 5.73 Å². The first-order valence-corrected chi connectivity index (χ1v) is 7.30. The predicted octanol–water partition coefficient (Wildman–Crippen LogP) is 3.65. The van der Waals surface area contributed by atoms with E-state index in [-0.39, 0.29) is 5.54 Å². The summed E-state index contributed by atoms with van der Waals surface area (Å²) < 4.78 is 0. The molecule has 0 saturated carbocycles. The van der Waals surface area contributed by atoms with Crippen LogP contribution in [-0.2, 0) is 0 Å². The van der Waals surface area contributed by atoms with Gasteiger partial charge in [-0.15, -0.1) is 0 Å². The molecule has 0 atom stereocenters. The molecule has 0 unspecified atom stereocenters. The highest BCUT2D eigenvalue weighted by Gasteiger charge is 2.30. The summed E-state index contributed by atoms with van der Waals surface area (Å²) in [5.41, 5.74) is 6.70. The second kappa shape index (κ2) is 7.38. The summed E-state index contributed by atoms with van der Waals surface area (Å²) in [5, 5.41) is 0. The highest BCUT2D eigenvalue weighted by atomic mass is 15.2. The summed E-state index contributed by atoms with van der Waals surface area (Å²) in [6, 6.07) is 0. The van der Waals surface area contributed by atoms with Crippen LogP contribution in [0.2, 0.25) is 0 Å². The van der Waals surface area contributed by atoms with Crippen LogP contribution in [0.15, 0.2) is 0 Å². The van der Waals surface area contributed by atoms with Crippen molar-refractivity contribution in [2.24, 2.45) is 11.1 Å². The number of hydrogen-bond donors (Lipinski definition) is 1. The van der Waals surface area contributed by atoms with E-state index in [2.05, 4.69) is 46.4 Å². The van der Waals surface area contributed by atoms with Crippen molar-refractivity contribution < 1.29 is 0 Å². The molecule has 0 spiro atoms. The topological polar surface area (TPSA) is 29.3 Å². The Morgan fingerprint density at radius 3 is 1.82 bits per heavy atom. The van der Waals surface area contributed by atoms with Crippen molar-refractivity contribution in [3.05, 3.63) is 0 Å². The Balaban J connectivity index is 4.40. The van der Waals surface area contributed by atoms with Crippen molar-refractivity contribution in [1.29, 1.82) is 0 Å². The van der Waals surface area contributed by atoms with Crippen LogP contribution in [0, 0.1) is 5.41 Å². The molecule has 0 radical (unpaired) electrons. The molecule has 0 aromatic heterocycles. The minimum absolute atomic E-state index is 0.229. The van der Waals surface area contributed by atoms with E-state index in [1.54, 1.807) is 0 Å². The maximum Gasteiger partial charge on any atom is 0.0326 e. The lowest BCUT2D eigenvalue weighted by molar-refractivity contribution is 0.0854. The van der Waals surface area contributed by atoms with E-state index in [4.69, 9.17) is 5.73 Å². The van der Waals surface area contributed by atoms with Crippen LogP contribution in [0.4, 0.5) is 0 Å². The molecule has 0 aromatic carbocycles. The lowest BCUT2D eigenvalue weighted by atomic mass is 9.88. The van der Waals surface area contributed by atoms with Gasteiger partial charge in [-0.1, -0.05) is 41.5 Å². The zero-order valence-electron chi connectivity index (χ0n) is 13.0. The summed E-state index contributed by atoms with van der Waals surface area (Å²) in [4.78, 5) is 2.60. The fraction of sp³-hybridized carbons (Fsp3) is 1.00. The Morgan fingerprint density at radius 2 is 1.53 bits per heavy atom. The molecule has 0 bridgehead atoms. The summed E-state index contributed by atoms with van der Waals surface area (Å²) in [7, 11) is 0. The highest BCUT2D eigenvalue weighted by molar-refractivity contribution is 4.89. The van der Waals surface area contributed by atoms with E-state index in [1.807, 2.05) is 0 Å². The van der Waals surface area contributed by atoms with E-state index in [1.165, 1.54) is 19.4 Å². The van der Waals surface area contributed by atoms with Crippen molar-refractivity contribution in [2.75, 3.05) is 19.6 Å². The Hall–Kier alpha value is -0.0800. The Bertz CT molecular complexity index is 181. The van der Waals surface area contributed by atoms with E-state index in [0.717, 1.165) is 25.9 Å². The van der Waals surface area contributed by atoms with Crippen LogP contribution in [0.25, 0.3) is 0 Å². The third kappa shape index (κ3) is 5.39. The fourth-order valence-corrected chi connectivity index (χ4v) is 2.65. The Kier molecular flexibility index (Phi) is 7.34. The Labute approximate surface area is 109 Å². The summed E-state index contributed by atoms with van der Waals surface area (Å²) in [6.45, 7) is 16.8. The minimum Gasteiger partial charge on any atom is -0.329 e. The molecule has 2 nitrogen and oxygen atoms in total. The normalized spacial score (nSPS) is 13.4. The molecule has 0 aromatic rings. The maximum absolute atomic E-state index is 6.02. The van der Waals surface area contributed by atoms with E-state index in [0.29, 0.717) is 5.41 Å². The minimum atomic E-state index is 0.229. The van der Waals surface area contributed by atoms with Gasteiger partial charge in [0, 0.05) is 12.1 Å². The second-order valence-corrected chi connectivity index (χ2v) is 6.38. The van der Waals surface area contributed by atoms with Gasteiger partial charge in [-0.2, -0.15) is 0 Å². The van der Waals surface area contributed by atoms with Crippen LogP contribution in [0.1, 0.15) is 67.2 Å². The predicted molar refractivity (Wildman–Crippen MR) is 78.3 cm³/mol. The first kappa shape index (κ1) is 16.9. The van der Waals surface area contributed by atoms with Gasteiger partial charge in [-0.25, -0.2) is 0 Å². The smallest absolute Gasteiger partial charge is 0.0326 e. The number of rotatable bonds is 8. The molecule has 2 heteroatoms. The first-order valence-electron chi connectivity index (χ1n) is 7.30. The Morgan fingerprint density at radius 1 is 1.00 bits per heavy atom. The lowest BCUT2D eigenvalue weighted by Crippen LogP contribution is -2.53. The standard InChI is InChI=1S/C15H34N2/c1-7-15(8-2,13-16)17(9-3)12-10-11-14(4,5)6/h7-13,16H2,1-6H3. The van der Waals surface area contributed by atoms with Crippen LogP contribution in [-0.4, -0.2) is 30.1 Å². The fourth-order valence-electron chi connectivity index (χ4n) is 2.65. The van der Waals surface area contributed by atoms with Crippen molar-refractivity contribution >= 4 is 0 Å². The molecule has 0 rings (SSSR count). The third-order valence-corrected chi connectivity index (χ3v) is 4.10. The lowest BCUT2D eigenvalue weighted by Gasteiger charge is -2.42. The number of nitrogens with zero attached hydrogens (tertiary/aromatic N) is 1. The number of nitrogens with two attached hydrogens (primary N) is 1. The summed E-state index contributed by atoms with van der Waals surface area (Å²) in [5.74, 6) is 0. The molecule has 17 heavy (non-hydrogen) atoms. The summed E-state index contributed by atoms with van der Waals surface area (Å²) in [6.07, 6.45) is 4.88. The van der Waals surface area contributed by atoms with Gasteiger partial charge in [0.05, 0.1) is 0 Å². The van der Waals surface area contributed by atoms with E-state index < -0.39 is 0 Å². The van der Waals surface area contributed by atoms with Gasteiger partial charge in [0.1, 0.15) is 0 Å². The molecule has 0 aliphatic heterocycles. The molecule has 104 valence electrons. The molecule has 2 N–H and O–H groups in total. The van der Waals surface area contributed by atoms with Crippen molar-refractivity contribution in [2.45, 2.75) is 72.8 Å².